The first-order valence-electron chi connectivity index (χ1n) is 3.49. The van der Waals surface area contributed by atoms with Crippen LogP contribution in [0, 0.1) is 5.92 Å². The van der Waals surface area contributed by atoms with Crippen molar-refractivity contribution in [2.24, 2.45) is 5.92 Å². The summed E-state index contributed by atoms with van der Waals surface area (Å²) in [6.07, 6.45) is 3.99. The largest absolute Gasteiger partial charge is 0.511 e. The Labute approximate surface area is 84.2 Å². The first-order chi connectivity index (χ1) is 5.65. The second kappa shape index (κ2) is 3.93. The molecule has 0 aromatic carbocycles. The van der Waals surface area contributed by atoms with Gasteiger partial charge in [-0.2, -0.15) is 0 Å². The number of ether oxygens (including phenoxy) is 1. The van der Waals surface area contributed by atoms with Crippen molar-refractivity contribution in [1.82, 2.24) is 0 Å². The molecular weight excluding hydrogens is 271 g/mol. The summed E-state index contributed by atoms with van der Waals surface area (Å²) in [5.41, 5.74) is 0. The molecule has 0 heterocycles. The van der Waals surface area contributed by atoms with E-state index in [0.717, 1.165) is 3.58 Å². The minimum absolute atomic E-state index is 0.0914. The van der Waals surface area contributed by atoms with E-state index in [0.29, 0.717) is 6.42 Å². The van der Waals surface area contributed by atoms with E-state index in [2.05, 4.69) is 27.3 Å². The zero-order chi connectivity index (χ0) is 9.14. The van der Waals surface area contributed by atoms with Gasteiger partial charge in [-0.25, -0.2) is 0 Å². The quantitative estimate of drug-likeness (QED) is 0.590. The second-order valence-electron chi connectivity index (χ2n) is 2.47. The van der Waals surface area contributed by atoms with Crippen molar-refractivity contribution < 1.29 is 14.6 Å². The monoisotopic (exact) mass is 280 g/mol. The fourth-order valence-corrected chi connectivity index (χ4v) is 1.58. The number of allylic oxidation sites excluding steroid dienone is 3. The molecule has 66 valence electrons. The van der Waals surface area contributed by atoms with E-state index in [4.69, 9.17) is 0 Å². The maximum absolute atomic E-state index is 11.0. The fourth-order valence-electron chi connectivity index (χ4n) is 1.01. The summed E-state index contributed by atoms with van der Waals surface area (Å²) in [5, 5.41) is 9.36. The van der Waals surface area contributed by atoms with E-state index in [9.17, 15) is 9.90 Å². The van der Waals surface area contributed by atoms with Crippen molar-refractivity contribution >= 4 is 28.6 Å². The Morgan fingerprint density at radius 2 is 2.50 bits per heavy atom. The maximum atomic E-state index is 11.0. The summed E-state index contributed by atoms with van der Waals surface area (Å²) >= 11 is 2.09. The van der Waals surface area contributed by atoms with Crippen molar-refractivity contribution in [2.75, 3.05) is 7.11 Å². The minimum atomic E-state index is -0.506. The van der Waals surface area contributed by atoms with Crippen LogP contribution in [0.5, 0.6) is 0 Å². The molecule has 1 rings (SSSR count). The van der Waals surface area contributed by atoms with Gasteiger partial charge in [-0.15, -0.1) is 0 Å². The summed E-state index contributed by atoms with van der Waals surface area (Å²) in [4.78, 5) is 11.0. The molecule has 12 heavy (non-hydrogen) atoms. The van der Waals surface area contributed by atoms with Gasteiger partial charge in [-0.3, -0.25) is 4.79 Å². The molecule has 0 aromatic heterocycles. The molecule has 0 aliphatic heterocycles. The molecular formula is C8H9IO3. The number of aliphatic hydroxyl groups excluding tert-OH is 1. The van der Waals surface area contributed by atoms with Gasteiger partial charge in [0.05, 0.1) is 7.11 Å². The zero-order valence-electron chi connectivity index (χ0n) is 6.58. The Hall–Kier alpha value is -0.520. The van der Waals surface area contributed by atoms with Crippen LogP contribution in [0.2, 0.25) is 0 Å². The number of carbonyl (C=O) groups excluding carboxylic acids is 1. The number of hydrogen-bond donors (Lipinski definition) is 1. The lowest BCUT2D eigenvalue weighted by Crippen LogP contribution is -2.19. The average Bonchev–Trinajstić information content (AvgIpc) is 2.03. The van der Waals surface area contributed by atoms with Crippen LogP contribution < -0.4 is 0 Å². The van der Waals surface area contributed by atoms with Crippen molar-refractivity contribution in [3.05, 3.63) is 21.5 Å². The van der Waals surface area contributed by atoms with Gasteiger partial charge in [0.1, 0.15) is 11.7 Å². The molecule has 4 heteroatoms. The normalized spacial score (nSPS) is 22.7. The highest BCUT2D eigenvalue weighted by Crippen LogP contribution is 2.25. The molecule has 1 aliphatic carbocycles. The third-order valence-electron chi connectivity index (χ3n) is 1.68. The minimum Gasteiger partial charge on any atom is -0.511 e. The molecule has 0 spiro atoms. The Morgan fingerprint density at radius 1 is 1.83 bits per heavy atom. The predicted molar refractivity (Wildman–Crippen MR) is 52.9 cm³/mol. The van der Waals surface area contributed by atoms with Crippen molar-refractivity contribution in [3.63, 3.8) is 0 Å². The van der Waals surface area contributed by atoms with Crippen LogP contribution >= 0.6 is 22.6 Å². The lowest BCUT2D eigenvalue weighted by molar-refractivity contribution is -0.144. The first-order valence-corrected chi connectivity index (χ1v) is 4.57. The second-order valence-corrected chi connectivity index (χ2v) is 3.72. The number of rotatable bonds is 1. The van der Waals surface area contributed by atoms with E-state index in [1.165, 1.54) is 7.11 Å². The summed E-state index contributed by atoms with van der Waals surface area (Å²) in [6.45, 7) is 0. The molecule has 0 amide bonds. The molecule has 0 saturated carbocycles. The van der Waals surface area contributed by atoms with Gasteiger partial charge in [-0.05, 0) is 35.1 Å². The maximum Gasteiger partial charge on any atom is 0.316 e. The fraction of sp³-hybridized carbons (Fsp3) is 0.375. The molecule has 1 aliphatic rings. The molecule has 1 N–H and O–H groups in total. The molecule has 0 fully saturated rings. The van der Waals surface area contributed by atoms with E-state index in [1.54, 1.807) is 6.08 Å². The Kier molecular flexibility index (Phi) is 3.13. The number of esters is 1. The van der Waals surface area contributed by atoms with Gasteiger partial charge in [0.2, 0.25) is 0 Å². The Bertz CT molecular complexity index is 255. The molecule has 0 aromatic rings. The van der Waals surface area contributed by atoms with Crippen LogP contribution in [-0.2, 0) is 9.53 Å². The van der Waals surface area contributed by atoms with Gasteiger partial charge in [-0.1, -0.05) is 6.08 Å². The molecule has 0 bridgehead atoms. The molecule has 0 radical (unpaired) electrons. The van der Waals surface area contributed by atoms with Crippen LogP contribution in [-0.4, -0.2) is 18.2 Å². The smallest absolute Gasteiger partial charge is 0.316 e. The van der Waals surface area contributed by atoms with Gasteiger partial charge in [0.25, 0.3) is 0 Å². The number of halogens is 1. The summed E-state index contributed by atoms with van der Waals surface area (Å²) in [5.74, 6) is -0.800. The Morgan fingerprint density at radius 3 is 3.00 bits per heavy atom. The van der Waals surface area contributed by atoms with Crippen LogP contribution in [0.25, 0.3) is 0 Å². The summed E-state index contributed by atoms with van der Waals surface area (Å²) in [7, 11) is 1.32. The number of aliphatic hydroxyl groups is 1. The predicted octanol–water partition coefficient (Wildman–Crippen LogP) is 1.94. The topological polar surface area (TPSA) is 46.5 Å². The van der Waals surface area contributed by atoms with Crippen LogP contribution in [0.1, 0.15) is 6.42 Å². The average molecular weight is 280 g/mol. The van der Waals surface area contributed by atoms with Gasteiger partial charge in [0, 0.05) is 3.58 Å². The van der Waals surface area contributed by atoms with Gasteiger partial charge < -0.3 is 9.84 Å². The van der Waals surface area contributed by atoms with Crippen molar-refractivity contribution in [2.45, 2.75) is 6.42 Å². The lowest BCUT2D eigenvalue weighted by Gasteiger charge is -2.15. The van der Waals surface area contributed by atoms with Crippen molar-refractivity contribution in [3.8, 4) is 0 Å². The highest BCUT2D eigenvalue weighted by atomic mass is 127. The van der Waals surface area contributed by atoms with Crippen LogP contribution in [0.3, 0.4) is 0 Å². The number of carbonyl (C=O) groups is 1. The molecule has 1 atom stereocenters. The molecule has 0 saturated heterocycles. The lowest BCUT2D eigenvalue weighted by atomic mass is 9.99. The first kappa shape index (κ1) is 9.57. The number of hydrogen-bond acceptors (Lipinski definition) is 3. The summed E-state index contributed by atoms with van der Waals surface area (Å²) < 4.78 is 5.47. The van der Waals surface area contributed by atoms with Crippen LogP contribution in [0.4, 0.5) is 0 Å². The van der Waals surface area contributed by atoms with Gasteiger partial charge >= 0.3 is 5.97 Å². The standard InChI is InChI=1S/C8H9IO3/c1-12-8(11)6-3-2-5(9)4-7(6)10/h2,4,6,10H,3H2,1H3. The SMILES string of the molecule is COC(=O)C1CC=C(I)C=C1O. The van der Waals surface area contributed by atoms with E-state index in [-0.39, 0.29) is 11.7 Å². The highest BCUT2D eigenvalue weighted by molar-refractivity contribution is 14.1. The van der Waals surface area contributed by atoms with Crippen molar-refractivity contribution in [1.29, 1.82) is 0 Å². The summed E-state index contributed by atoms with van der Waals surface area (Å²) in [6, 6.07) is 0. The third-order valence-corrected chi connectivity index (χ3v) is 2.43. The molecule has 1 unspecified atom stereocenters. The Balaban J connectivity index is 2.74. The van der Waals surface area contributed by atoms with E-state index in [1.807, 2.05) is 6.08 Å². The van der Waals surface area contributed by atoms with Crippen LogP contribution in [0.15, 0.2) is 21.5 Å². The zero-order valence-corrected chi connectivity index (χ0v) is 8.74. The van der Waals surface area contributed by atoms with Gasteiger partial charge in [0.15, 0.2) is 0 Å². The van der Waals surface area contributed by atoms with E-state index < -0.39 is 5.92 Å². The van der Waals surface area contributed by atoms with E-state index >= 15 is 0 Å². The third kappa shape index (κ3) is 2.00. The number of methoxy groups -OCH3 is 1. The highest BCUT2D eigenvalue weighted by Gasteiger charge is 2.24. The molecule has 3 nitrogen and oxygen atoms in total.